The summed E-state index contributed by atoms with van der Waals surface area (Å²) in [5.74, 6) is -0.407. The lowest BCUT2D eigenvalue weighted by Gasteiger charge is -2.32. The second-order valence-electron chi connectivity index (χ2n) is 6.49. The molecule has 1 fully saturated rings. The Morgan fingerprint density at radius 3 is 2.21 bits per heavy atom. The minimum absolute atomic E-state index is 0.0355. The van der Waals surface area contributed by atoms with E-state index in [-0.39, 0.29) is 24.9 Å². The highest BCUT2D eigenvalue weighted by Gasteiger charge is 2.29. The predicted octanol–water partition coefficient (Wildman–Crippen LogP) is 0.960. The molecule has 5 nitrogen and oxygen atoms in total. The highest BCUT2D eigenvalue weighted by Crippen LogP contribution is 2.27. The van der Waals surface area contributed by atoms with Crippen LogP contribution in [-0.4, -0.2) is 35.6 Å². The van der Waals surface area contributed by atoms with Crippen LogP contribution in [0.15, 0.2) is 0 Å². The van der Waals surface area contributed by atoms with Crippen LogP contribution >= 0.6 is 0 Å². The molecule has 1 aliphatic carbocycles. The molecule has 0 heterocycles. The van der Waals surface area contributed by atoms with Crippen LogP contribution in [0, 0.1) is 5.41 Å². The van der Waals surface area contributed by atoms with Gasteiger partial charge in [0, 0.05) is 12.0 Å². The molecule has 0 saturated heterocycles. The Labute approximate surface area is 115 Å². The fourth-order valence-corrected chi connectivity index (χ4v) is 2.14. The molecule has 0 radical (unpaired) electrons. The van der Waals surface area contributed by atoms with Crippen molar-refractivity contribution in [2.45, 2.75) is 58.5 Å². The molecule has 0 spiro atoms. The molecule has 5 heteroatoms. The lowest BCUT2D eigenvalue weighted by atomic mass is 9.85. The molecule has 1 saturated carbocycles. The largest absolute Gasteiger partial charge is 0.388 e. The number of rotatable bonds is 4. The lowest BCUT2D eigenvalue weighted by Crippen LogP contribution is -2.47. The first kappa shape index (κ1) is 16.0. The number of hydrogen-bond donors (Lipinski definition) is 3. The van der Waals surface area contributed by atoms with E-state index < -0.39 is 11.0 Å². The molecule has 0 aromatic heterocycles. The van der Waals surface area contributed by atoms with Crippen LogP contribution in [0.2, 0.25) is 0 Å². The summed E-state index contributed by atoms with van der Waals surface area (Å²) in [6.07, 6.45) is 4.64. The Morgan fingerprint density at radius 2 is 1.68 bits per heavy atom. The monoisotopic (exact) mass is 270 g/mol. The topological polar surface area (TPSA) is 78.4 Å². The molecule has 0 unspecified atom stereocenters. The first-order chi connectivity index (χ1) is 8.73. The third-order valence-corrected chi connectivity index (χ3v) is 3.49. The molecule has 19 heavy (non-hydrogen) atoms. The smallest absolute Gasteiger partial charge is 0.239 e. The second-order valence-corrected chi connectivity index (χ2v) is 6.49. The van der Waals surface area contributed by atoms with Gasteiger partial charge in [0.25, 0.3) is 0 Å². The van der Waals surface area contributed by atoms with Gasteiger partial charge in [-0.05, 0) is 12.8 Å². The first-order valence-corrected chi connectivity index (χ1v) is 7.00. The third-order valence-electron chi connectivity index (χ3n) is 3.49. The van der Waals surface area contributed by atoms with E-state index in [2.05, 4.69) is 10.6 Å². The maximum absolute atomic E-state index is 11.6. The van der Waals surface area contributed by atoms with E-state index in [9.17, 15) is 14.7 Å². The molecule has 0 aromatic carbocycles. The van der Waals surface area contributed by atoms with Gasteiger partial charge in [0.05, 0.1) is 12.1 Å². The van der Waals surface area contributed by atoms with Crippen molar-refractivity contribution in [2.24, 2.45) is 5.41 Å². The molecule has 2 amide bonds. The van der Waals surface area contributed by atoms with Gasteiger partial charge >= 0.3 is 0 Å². The van der Waals surface area contributed by atoms with E-state index in [0.717, 1.165) is 32.1 Å². The summed E-state index contributed by atoms with van der Waals surface area (Å²) < 4.78 is 0. The van der Waals surface area contributed by atoms with Crippen molar-refractivity contribution in [3.05, 3.63) is 0 Å². The summed E-state index contributed by atoms with van der Waals surface area (Å²) in [7, 11) is 0. The van der Waals surface area contributed by atoms with Gasteiger partial charge in [-0.1, -0.05) is 40.0 Å². The molecule has 3 N–H and O–H groups in total. The number of aliphatic hydroxyl groups is 1. The summed E-state index contributed by atoms with van der Waals surface area (Å²) >= 11 is 0. The van der Waals surface area contributed by atoms with Crippen LogP contribution in [0.25, 0.3) is 0 Å². The second kappa shape index (κ2) is 6.37. The number of hydrogen-bond acceptors (Lipinski definition) is 3. The van der Waals surface area contributed by atoms with Crippen LogP contribution in [0.5, 0.6) is 0 Å². The standard InChI is InChI=1S/C14H26N2O3/c1-13(2,3)12(18)15-9-11(17)16-10-14(19)7-5-4-6-8-14/h19H,4-10H2,1-3H3,(H,15,18)(H,16,17). The third kappa shape index (κ3) is 5.59. The first-order valence-electron chi connectivity index (χ1n) is 7.00. The maximum atomic E-state index is 11.6. The van der Waals surface area contributed by atoms with Crippen molar-refractivity contribution >= 4 is 11.8 Å². The van der Waals surface area contributed by atoms with Crippen molar-refractivity contribution in [2.75, 3.05) is 13.1 Å². The lowest BCUT2D eigenvalue weighted by molar-refractivity contribution is -0.131. The number of nitrogens with one attached hydrogen (secondary N) is 2. The van der Waals surface area contributed by atoms with E-state index in [1.54, 1.807) is 20.8 Å². The highest BCUT2D eigenvalue weighted by atomic mass is 16.3. The van der Waals surface area contributed by atoms with Crippen LogP contribution in [0.3, 0.4) is 0 Å². The summed E-state index contributed by atoms with van der Waals surface area (Å²) in [6, 6.07) is 0. The number of carbonyl (C=O) groups is 2. The van der Waals surface area contributed by atoms with Gasteiger partial charge in [0.1, 0.15) is 0 Å². The minimum atomic E-state index is -0.762. The van der Waals surface area contributed by atoms with E-state index in [4.69, 9.17) is 0 Å². The van der Waals surface area contributed by atoms with E-state index >= 15 is 0 Å². The molecule has 0 atom stereocenters. The van der Waals surface area contributed by atoms with E-state index in [0.29, 0.717) is 0 Å². The molecular formula is C14H26N2O3. The van der Waals surface area contributed by atoms with Crippen molar-refractivity contribution in [3.8, 4) is 0 Å². The van der Waals surface area contributed by atoms with Crippen LogP contribution < -0.4 is 10.6 Å². The SMILES string of the molecule is CC(C)(C)C(=O)NCC(=O)NCC1(O)CCCCC1. The molecule has 0 bridgehead atoms. The summed E-state index contributed by atoms with van der Waals surface area (Å²) in [6.45, 7) is 5.63. The van der Waals surface area contributed by atoms with Crippen LogP contribution in [-0.2, 0) is 9.59 Å². The van der Waals surface area contributed by atoms with Gasteiger partial charge in [-0.2, -0.15) is 0 Å². The zero-order valence-electron chi connectivity index (χ0n) is 12.2. The van der Waals surface area contributed by atoms with E-state index in [1.807, 2.05) is 0 Å². The molecule has 0 aromatic rings. The molecule has 0 aliphatic heterocycles. The molecule has 1 rings (SSSR count). The molecular weight excluding hydrogens is 244 g/mol. The fraction of sp³-hybridized carbons (Fsp3) is 0.857. The Balaban J connectivity index is 2.26. The predicted molar refractivity (Wildman–Crippen MR) is 73.5 cm³/mol. The average Bonchev–Trinajstić information content (AvgIpc) is 2.33. The zero-order chi connectivity index (χ0) is 14.5. The summed E-state index contributed by atoms with van der Waals surface area (Å²) in [4.78, 5) is 23.2. The van der Waals surface area contributed by atoms with Gasteiger partial charge in [-0.15, -0.1) is 0 Å². The number of amides is 2. The van der Waals surface area contributed by atoms with Crippen molar-refractivity contribution in [1.29, 1.82) is 0 Å². The Bertz CT molecular complexity index is 328. The quantitative estimate of drug-likeness (QED) is 0.712. The van der Waals surface area contributed by atoms with Gasteiger partial charge < -0.3 is 15.7 Å². The Kier molecular flexibility index (Phi) is 5.35. The van der Waals surface area contributed by atoms with Crippen molar-refractivity contribution in [1.82, 2.24) is 10.6 Å². The normalized spacial score (nSPS) is 18.7. The fourth-order valence-electron chi connectivity index (χ4n) is 2.14. The maximum Gasteiger partial charge on any atom is 0.239 e. The van der Waals surface area contributed by atoms with Crippen LogP contribution in [0.4, 0.5) is 0 Å². The highest BCUT2D eigenvalue weighted by molar-refractivity contribution is 5.87. The minimum Gasteiger partial charge on any atom is -0.388 e. The molecule has 110 valence electrons. The van der Waals surface area contributed by atoms with Crippen molar-refractivity contribution < 1.29 is 14.7 Å². The van der Waals surface area contributed by atoms with Gasteiger partial charge in [0.2, 0.25) is 11.8 Å². The van der Waals surface area contributed by atoms with Crippen LogP contribution in [0.1, 0.15) is 52.9 Å². The Hall–Kier alpha value is -1.10. The van der Waals surface area contributed by atoms with E-state index in [1.165, 1.54) is 0 Å². The van der Waals surface area contributed by atoms with Gasteiger partial charge in [-0.3, -0.25) is 9.59 Å². The Morgan fingerprint density at radius 1 is 1.11 bits per heavy atom. The number of carbonyl (C=O) groups excluding carboxylic acids is 2. The summed E-state index contributed by atoms with van der Waals surface area (Å²) in [5, 5.41) is 15.5. The van der Waals surface area contributed by atoms with Crippen molar-refractivity contribution in [3.63, 3.8) is 0 Å². The average molecular weight is 270 g/mol. The molecule has 1 aliphatic rings. The zero-order valence-corrected chi connectivity index (χ0v) is 12.2. The van der Waals surface area contributed by atoms with Gasteiger partial charge in [0.15, 0.2) is 0 Å². The summed E-state index contributed by atoms with van der Waals surface area (Å²) in [5.41, 5.74) is -1.26. The van der Waals surface area contributed by atoms with Gasteiger partial charge in [-0.25, -0.2) is 0 Å².